The summed E-state index contributed by atoms with van der Waals surface area (Å²) in [5, 5.41) is 10.7. The van der Waals surface area contributed by atoms with Crippen LogP contribution in [0.25, 0.3) is 0 Å². The van der Waals surface area contributed by atoms with Gasteiger partial charge in [0.05, 0.1) is 23.7 Å². The molecular formula is C14H8F5NO4. The number of rotatable bonds is 4. The van der Waals surface area contributed by atoms with Crippen molar-refractivity contribution in [1.29, 1.82) is 0 Å². The SMILES string of the molecule is COc1ccc([N+](=O)[O-])cc1Oc1c(F)cc(C(F)(F)F)cc1F. The van der Waals surface area contributed by atoms with E-state index in [1.807, 2.05) is 0 Å². The van der Waals surface area contributed by atoms with Gasteiger partial charge in [0.15, 0.2) is 28.9 Å². The van der Waals surface area contributed by atoms with E-state index in [2.05, 4.69) is 0 Å². The third-order valence-electron chi connectivity index (χ3n) is 2.90. The number of halogens is 5. The van der Waals surface area contributed by atoms with Crippen LogP contribution >= 0.6 is 0 Å². The molecule has 0 heterocycles. The van der Waals surface area contributed by atoms with Gasteiger partial charge >= 0.3 is 6.18 Å². The first-order valence-electron chi connectivity index (χ1n) is 6.20. The lowest BCUT2D eigenvalue weighted by Gasteiger charge is -2.13. The average molecular weight is 349 g/mol. The molecule has 128 valence electrons. The van der Waals surface area contributed by atoms with Crippen molar-refractivity contribution in [3.63, 3.8) is 0 Å². The number of hydrogen-bond acceptors (Lipinski definition) is 4. The van der Waals surface area contributed by atoms with Crippen molar-refractivity contribution in [2.45, 2.75) is 6.18 Å². The van der Waals surface area contributed by atoms with Crippen LogP contribution in [0.15, 0.2) is 30.3 Å². The van der Waals surface area contributed by atoms with E-state index in [0.717, 1.165) is 18.2 Å². The summed E-state index contributed by atoms with van der Waals surface area (Å²) >= 11 is 0. The number of nitro benzene ring substituents is 1. The second-order valence-electron chi connectivity index (χ2n) is 4.46. The molecule has 0 saturated heterocycles. The number of non-ortho nitro benzene ring substituents is 1. The molecule has 2 aromatic carbocycles. The average Bonchev–Trinajstić information content (AvgIpc) is 2.49. The van der Waals surface area contributed by atoms with Gasteiger partial charge in [-0.15, -0.1) is 0 Å². The van der Waals surface area contributed by atoms with E-state index in [0.29, 0.717) is 0 Å². The molecule has 0 N–H and O–H groups in total. The number of methoxy groups -OCH3 is 1. The van der Waals surface area contributed by atoms with E-state index in [9.17, 15) is 32.1 Å². The number of nitrogens with zero attached hydrogens (tertiary/aromatic N) is 1. The van der Waals surface area contributed by atoms with Gasteiger partial charge in [0.2, 0.25) is 0 Å². The van der Waals surface area contributed by atoms with E-state index in [1.54, 1.807) is 0 Å². The van der Waals surface area contributed by atoms with Gasteiger partial charge in [-0.1, -0.05) is 0 Å². The standard InChI is InChI=1S/C14H8F5NO4/c1-23-11-3-2-8(20(21)22)6-12(11)24-13-9(15)4-7(5-10(13)16)14(17,18)19/h2-6H,1H3. The molecule has 0 amide bonds. The Bertz CT molecular complexity index is 768. The summed E-state index contributed by atoms with van der Waals surface area (Å²) in [6.45, 7) is 0. The first-order valence-corrected chi connectivity index (χ1v) is 6.20. The fourth-order valence-corrected chi connectivity index (χ4v) is 1.79. The van der Waals surface area contributed by atoms with Gasteiger partial charge in [0.25, 0.3) is 5.69 Å². The van der Waals surface area contributed by atoms with Crippen LogP contribution in [0.2, 0.25) is 0 Å². The molecule has 0 unspecified atom stereocenters. The number of ether oxygens (including phenoxy) is 2. The van der Waals surface area contributed by atoms with Gasteiger partial charge in [-0.2, -0.15) is 13.2 Å². The predicted molar refractivity (Wildman–Crippen MR) is 71.1 cm³/mol. The molecule has 2 aromatic rings. The molecule has 0 fully saturated rings. The van der Waals surface area contributed by atoms with Crippen LogP contribution in [0.3, 0.4) is 0 Å². The minimum Gasteiger partial charge on any atom is -0.493 e. The summed E-state index contributed by atoms with van der Waals surface area (Å²) in [5.41, 5.74) is -1.99. The van der Waals surface area contributed by atoms with E-state index in [-0.39, 0.29) is 17.9 Å². The summed E-state index contributed by atoms with van der Waals surface area (Å²) < 4.78 is 74.8. The molecule has 0 aromatic heterocycles. The highest BCUT2D eigenvalue weighted by Crippen LogP contribution is 2.39. The first-order chi connectivity index (χ1) is 11.1. The quantitative estimate of drug-likeness (QED) is 0.456. The normalized spacial score (nSPS) is 11.2. The summed E-state index contributed by atoms with van der Waals surface area (Å²) in [4.78, 5) is 9.94. The van der Waals surface area contributed by atoms with E-state index in [4.69, 9.17) is 9.47 Å². The van der Waals surface area contributed by atoms with E-state index < -0.39 is 45.5 Å². The Morgan fingerprint density at radius 1 is 1.04 bits per heavy atom. The molecule has 0 saturated carbocycles. The number of alkyl halides is 3. The second kappa shape index (κ2) is 6.30. The Balaban J connectivity index is 2.48. The van der Waals surface area contributed by atoms with Crippen molar-refractivity contribution in [1.82, 2.24) is 0 Å². The summed E-state index contributed by atoms with van der Waals surface area (Å²) in [6, 6.07) is 3.12. The zero-order valence-electron chi connectivity index (χ0n) is 11.9. The third-order valence-corrected chi connectivity index (χ3v) is 2.90. The fraction of sp³-hybridized carbons (Fsp3) is 0.143. The van der Waals surface area contributed by atoms with E-state index in [1.165, 1.54) is 7.11 Å². The Kier molecular flexibility index (Phi) is 4.58. The van der Waals surface area contributed by atoms with Crippen LogP contribution in [0, 0.1) is 21.7 Å². The topological polar surface area (TPSA) is 61.6 Å². The zero-order chi connectivity index (χ0) is 18.1. The molecule has 0 aliphatic rings. The zero-order valence-corrected chi connectivity index (χ0v) is 11.9. The molecule has 5 nitrogen and oxygen atoms in total. The van der Waals surface area contributed by atoms with Crippen LogP contribution in [0.5, 0.6) is 17.2 Å². The molecule has 2 rings (SSSR count). The lowest BCUT2D eigenvalue weighted by molar-refractivity contribution is -0.384. The van der Waals surface area contributed by atoms with Gasteiger partial charge < -0.3 is 9.47 Å². The van der Waals surface area contributed by atoms with Crippen LogP contribution in [-0.4, -0.2) is 12.0 Å². The van der Waals surface area contributed by atoms with Gasteiger partial charge in [-0.25, -0.2) is 8.78 Å². The molecule has 0 aliphatic heterocycles. The summed E-state index contributed by atoms with van der Waals surface area (Å²) in [5.74, 6) is -4.89. The van der Waals surface area contributed by atoms with Crippen molar-refractivity contribution in [2.75, 3.05) is 7.11 Å². The Hall–Kier alpha value is -2.91. The van der Waals surface area contributed by atoms with Gasteiger partial charge in [-0.3, -0.25) is 10.1 Å². The maximum Gasteiger partial charge on any atom is 0.416 e. The number of nitro groups is 1. The lowest BCUT2D eigenvalue weighted by Crippen LogP contribution is -2.07. The van der Waals surface area contributed by atoms with Crippen LogP contribution in [0.1, 0.15) is 5.56 Å². The molecule has 0 atom stereocenters. The van der Waals surface area contributed by atoms with Crippen molar-refractivity contribution in [3.05, 3.63) is 57.6 Å². The molecular weight excluding hydrogens is 341 g/mol. The molecule has 0 spiro atoms. The third kappa shape index (κ3) is 3.53. The second-order valence-corrected chi connectivity index (χ2v) is 4.46. The minimum absolute atomic E-state index is 0.0578. The molecule has 24 heavy (non-hydrogen) atoms. The monoisotopic (exact) mass is 349 g/mol. The Morgan fingerprint density at radius 3 is 2.08 bits per heavy atom. The Morgan fingerprint density at radius 2 is 1.62 bits per heavy atom. The maximum atomic E-state index is 13.8. The predicted octanol–water partition coefficient (Wildman–Crippen LogP) is 4.69. The Labute approximate surface area is 131 Å². The first kappa shape index (κ1) is 17.4. The number of hydrogen-bond donors (Lipinski definition) is 0. The molecule has 0 aliphatic carbocycles. The van der Waals surface area contributed by atoms with Crippen LogP contribution in [-0.2, 0) is 6.18 Å². The maximum absolute atomic E-state index is 13.8. The molecule has 0 radical (unpaired) electrons. The van der Waals surface area contributed by atoms with Gasteiger partial charge in [0.1, 0.15) is 0 Å². The van der Waals surface area contributed by atoms with Gasteiger partial charge in [-0.05, 0) is 18.2 Å². The summed E-state index contributed by atoms with van der Waals surface area (Å²) in [6.07, 6.45) is -4.94. The number of benzene rings is 2. The smallest absolute Gasteiger partial charge is 0.416 e. The summed E-state index contributed by atoms with van der Waals surface area (Å²) in [7, 11) is 1.17. The van der Waals surface area contributed by atoms with Crippen molar-refractivity contribution in [2.24, 2.45) is 0 Å². The van der Waals surface area contributed by atoms with Crippen LogP contribution < -0.4 is 9.47 Å². The highest BCUT2D eigenvalue weighted by Gasteiger charge is 2.33. The molecule has 10 heteroatoms. The van der Waals surface area contributed by atoms with Crippen LogP contribution in [0.4, 0.5) is 27.6 Å². The highest BCUT2D eigenvalue weighted by atomic mass is 19.4. The minimum atomic E-state index is -4.94. The van der Waals surface area contributed by atoms with Crippen molar-refractivity contribution in [3.8, 4) is 17.2 Å². The fourth-order valence-electron chi connectivity index (χ4n) is 1.79. The largest absolute Gasteiger partial charge is 0.493 e. The highest BCUT2D eigenvalue weighted by molar-refractivity contribution is 5.50. The van der Waals surface area contributed by atoms with Crippen molar-refractivity contribution < 1.29 is 36.3 Å². The van der Waals surface area contributed by atoms with Crippen molar-refractivity contribution >= 4 is 5.69 Å². The van der Waals surface area contributed by atoms with Gasteiger partial charge in [0, 0.05) is 6.07 Å². The molecule has 0 bridgehead atoms. The lowest BCUT2D eigenvalue weighted by atomic mass is 10.2. The van der Waals surface area contributed by atoms with E-state index >= 15 is 0 Å².